The van der Waals surface area contributed by atoms with Crippen molar-refractivity contribution in [3.63, 3.8) is 0 Å². The molecule has 4 rings (SSSR count). The summed E-state index contributed by atoms with van der Waals surface area (Å²) in [6, 6.07) is 15.4. The number of sulfonamides is 1. The lowest BCUT2D eigenvalue weighted by atomic mass is 10.1. The highest BCUT2D eigenvalue weighted by atomic mass is 127. The Bertz CT molecular complexity index is 1110. The molecule has 120 valence electrons. The lowest BCUT2D eigenvalue weighted by molar-refractivity contribution is 0.103. The van der Waals surface area contributed by atoms with Gasteiger partial charge in [-0.2, -0.15) is 0 Å². The minimum Gasteiger partial charge on any atom is -0.321 e. The van der Waals surface area contributed by atoms with Gasteiger partial charge in [0.25, 0.3) is 15.9 Å². The van der Waals surface area contributed by atoms with Crippen LogP contribution in [0.1, 0.15) is 10.4 Å². The largest absolute Gasteiger partial charge is 0.321 e. The number of carbonyl (C=O) groups is 1. The lowest BCUT2D eigenvalue weighted by Crippen LogP contribution is -2.14. The Morgan fingerprint density at radius 1 is 0.958 bits per heavy atom. The van der Waals surface area contributed by atoms with Crippen molar-refractivity contribution >= 4 is 60.7 Å². The summed E-state index contributed by atoms with van der Waals surface area (Å²) in [5, 5.41) is 3.93. The second-order valence-electron chi connectivity index (χ2n) is 5.38. The van der Waals surface area contributed by atoms with E-state index in [1.807, 2.05) is 12.1 Å². The molecular weight excluding hydrogens is 439 g/mol. The van der Waals surface area contributed by atoms with Crippen LogP contribution in [0.25, 0.3) is 10.8 Å². The fourth-order valence-electron chi connectivity index (χ4n) is 2.84. The van der Waals surface area contributed by atoms with Gasteiger partial charge in [-0.3, -0.25) is 9.52 Å². The van der Waals surface area contributed by atoms with E-state index in [0.29, 0.717) is 27.7 Å². The molecule has 0 spiro atoms. The molecule has 0 fully saturated rings. The highest BCUT2D eigenvalue weighted by molar-refractivity contribution is 14.1. The van der Waals surface area contributed by atoms with Crippen molar-refractivity contribution in [1.29, 1.82) is 0 Å². The third-order valence-corrected chi connectivity index (χ3v) is 6.27. The Morgan fingerprint density at radius 3 is 2.54 bits per heavy atom. The van der Waals surface area contributed by atoms with Crippen molar-refractivity contribution in [2.45, 2.75) is 4.90 Å². The minimum atomic E-state index is -3.78. The summed E-state index contributed by atoms with van der Waals surface area (Å²) >= 11 is 2.08. The number of hydrogen-bond acceptors (Lipinski definition) is 3. The molecule has 0 aromatic heterocycles. The first-order valence-corrected chi connectivity index (χ1v) is 9.68. The zero-order valence-electron chi connectivity index (χ0n) is 12.2. The van der Waals surface area contributed by atoms with Crippen LogP contribution in [0.15, 0.2) is 59.5 Å². The average Bonchev–Trinajstić information content (AvgIpc) is 2.88. The zero-order chi connectivity index (χ0) is 16.9. The average molecular weight is 450 g/mol. The SMILES string of the molecule is O=C1Nc2ccc(S(=O)(=O)Nc3ccccc3I)c3cccc1c23. The van der Waals surface area contributed by atoms with Crippen molar-refractivity contribution in [3.05, 3.63) is 63.7 Å². The monoisotopic (exact) mass is 450 g/mol. The first-order chi connectivity index (χ1) is 11.5. The standard InChI is InChI=1S/C17H11IN2O3S/c18-12-6-1-2-7-13(12)20-24(22,23)15-9-8-14-16-10(15)4-3-5-11(16)17(21)19-14/h1-9,20H,(H,19,21). The second kappa shape index (κ2) is 5.45. The molecule has 0 atom stereocenters. The van der Waals surface area contributed by atoms with Gasteiger partial charge in [-0.1, -0.05) is 24.3 Å². The zero-order valence-corrected chi connectivity index (χ0v) is 15.2. The quantitative estimate of drug-likeness (QED) is 0.596. The van der Waals surface area contributed by atoms with Crippen LogP contribution in [0, 0.1) is 3.57 Å². The van der Waals surface area contributed by atoms with Gasteiger partial charge >= 0.3 is 0 Å². The van der Waals surface area contributed by atoms with Gasteiger partial charge in [-0.15, -0.1) is 0 Å². The first-order valence-electron chi connectivity index (χ1n) is 7.12. The van der Waals surface area contributed by atoms with E-state index in [1.165, 1.54) is 6.07 Å². The van der Waals surface area contributed by atoms with Crippen molar-refractivity contribution in [3.8, 4) is 0 Å². The van der Waals surface area contributed by atoms with Gasteiger partial charge in [0, 0.05) is 25.6 Å². The summed E-state index contributed by atoms with van der Waals surface area (Å²) in [6.07, 6.45) is 0. The molecule has 3 aromatic rings. The number of benzene rings is 3. The van der Waals surface area contributed by atoms with Crippen molar-refractivity contribution < 1.29 is 13.2 Å². The maximum atomic E-state index is 12.9. The molecule has 0 unspecified atom stereocenters. The fourth-order valence-corrected chi connectivity index (χ4v) is 4.83. The van der Waals surface area contributed by atoms with Crippen LogP contribution >= 0.6 is 22.6 Å². The van der Waals surface area contributed by atoms with E-state index in [9.17, 15) is 13.2 Å². The third kappa shape index (κ3) is 2.35. The predicted molar refractivity (Wildman–Crippen MR) is 102 cm³/mol. The number of anilines is 2. The molecule has 1 aliphatic heterocycles. The van der Waals surface area contributed by atoms with Gasteiger partial charge in [0.05, 0.1) is 10.6 Å². The Labute approximate surface area is 152 Å². The number of carbonyl (C=O) groups excluding carboxylic acids is 1. The molecule has 0 saturated carbocycles. The van der Waals surface area contributed by atoms with E-state index in [2.05, 4.69) is 32.6 Å². The number of amides is 1. The molecule has 0 saturated heterocycles. The summed E-state index contributed by atoms with van der Waals surface area (Å²) < 4.78 is 29.2. The number of nitrogens with one attached hydrogen (secondary N) is 2. The van der Waals surface area contributed by atoms with E-state index in [-0.39, 0.29) is 10.8 Å². The van der Waals surface area contributed by atoms with Crippen LogP contribution < -0.4 is 10.0 Å². The van der Waals surface area contributed by atoms with Crippen LogP contribution in [-0.2, 0) is 10.0 Å². The lowest BCUT2D eigenvalue weighted by Gasteiger charge is -2.12. The first kappa shape index (κ1) is 15.4. The van der Waals surface area contributed by atoms with Crippen LogP contribution in [0.4, 0.5) is 11.4 Å². The molecular formula is C17H11IN2O3S. The number of hydrogen-bond donors (Lipinski definition) is 2. The second-order valence-corrected chi connectivity index (χ2v) is 8.19. The minimum absolute atomic E-state index is 0.152. The van der Waals surface area contributed by atoms with E-state index >= 15 is 0 Å². The summed E-state index contributed by atoms with van der Waals surface area (Å²) in [6.45, 7) is 0. The number of rotatable bonds is 3. The highest BCUT2D eigenvalue weighted by Gasteiger charge is 2.26. The van der Waals surface area contributed by atoms with Gasteiger partial charge < -0.3 is 5.32 Å². The summed E-state index contributed by atoms with van der Waals surface area (Å²) in [5.41, 5.74) is 1.66. The smallest absolute Gasteiger partial charge is 0.262 e. The molecule has 3 aromatic carbocycles. The Morgan fingerprint density at radius 2 is 1.75 bits per heavy atom. The normalized spacial score (nSPS) is 13.1. The fraction of sp³-hybridized carbons (Fsp3) is 0. The molecule has 0 bridgehead atoms. The predicted octanol–water partition coefficient (Wildman–Crippen LogP) is 3.81. The highest BCUT2D eigenvalue weighted by Crippen LogP contribution is 2.37. The van der Waals surface area contributed by atoms with E-state index in [1.54, 1.807) is 36.4 Å². The molecule has 0 aliphatic carbocycles. The summed E-state index contributed by atoms with van der Waals surface area (Å²) in [5.74, 6) is -0.212. The van der Waals surface area contributed by atoms with Crippen LogP contribution in [0.3, 0.4) is 0 Å². The molecule has 7 heteroatoms. The van der Waals surface area contributed by atoms with Crippen molar-refractivity contribution in [2.24, 2.45) is 0 Å². The van der Waals surface area contributed by atoms with Crippen LogP contribution in [0.5, 0.6) is 0 Å². The van der Waals surface area contributed by atoms with Crippen molar-refractivity contribution in [1.82, 2.24) is 0 Å². The van der Waals surface area contributed by atoms with E-state index in [4.69, 9.17) is 0 Å². The number of halogens is 1. The third-order valence-electron chi connectivity index (χ3n) is 3.90. The van der Waals surface area contributed by atoms with E-state index in [0.717, 1.165) is 3.57 Å². The molecule has 24 heavy (non-hydrogen) atoms. The summed E-state index contributed by atoms with van der Waals surface area (Å²) in [4.78, 5) is 12.1. The molecule has 2 N–H and O–H groups in total. The van der Waals surface area contributed by atoms with Gasteiger partial charge in [0.15, 0.2) is 0 Å². The molecule has 5 nitrogen and oxygen atoms in total. The van der Waals surface area contributed by atoms with Crippen LogP contribution in [0.2, 0.25) is 0 Å². The van der Waals surface area contributed by atoms with Crippen molar-refractivity contribution in [2.75, 3.05) is 10.0 Å². The van der Waals surface area contributed by atoms with Gasteiger partial charge in [0.1, 0.15) is 0 Å². The molecule has 0 radical (unpaired) electrons. The van der Waals surface area contributed by atoms with Gasteiger partial charge in [-0.25, -0.2) is 8.42 Å². The molecule has 1 heterocycles. The topological polar surface area (TPSA) is 75.3 Å². The maximum absolute atomic E-state index is 12.9. The molecule has 1 aliphatic rings. The van der Waals surface area contributed by atoms with E-state index < -0.39 is 10.0 Å². The van der Waals surface area contributed by atoms with Crippen LogP contribution in [-0.4, -0.2) is 14.3 Å². The number of para-hydroxylation sites is 1. The summed E-state index contributed by atoms with van der Waals surface area (Å²) in [7, 11) is -3.78. The Balaban J connectivity index is 1.90. The Hall–Kier alpha value is -2.13. The van der Waals surface area contributed by atoms with Gasteiger partial charge in [-0.05, 0) is 52.9 Å². The maximum Gasteiger partial charge on any atom is 0.262 e. The van der Waals surface area contributed by atoms with Gasteiger partial charge in [0.2, 0.25) is 0 Å². The molecule has 1 amide bonds. The Kier molecular flexibility index (Phi) is 3.50.